The zero-order valence-electron chi connectivity index (χ0n) is 12.3. The van der Waals surface area contributed by atoms with Gasteiger partial charge in [0.05, 0.1) is 11.3 Å². The predicted octanol–water partition coefficient (Wildman–Crippen LogP) is 2.62. The van der Waals surface area contributed by atoms with E-state index in [9.17, 15) is 9.59 Å². The monoisotopic (exact) mass is 292 g/mol. The van der Waals surface area contributed by atoms with Crippen molar-refractivity contribution in [2.24, 2.45) is 0 Å². The molecule has 4 rings (SSSR count). The Morgan fingerprint density at radius 1 is 1.00 bits per heavy atom. The normalized spacial score (nSPS) is 19.6. The summed E-state index contributed by atoms with van der Waals surface area (Å²) in [6.07, 6.45) is 0.589. The van der Waals surface area contributed by atoms with Crippen molar-refractivity contribution in [1.29, 1.82) is 0 Å². The highest BCUT2D eigenvalue weighted by atomic mass is 16.2. The van der Waals surface area contributed by atoms with E-state index in [2.05, 4.69) is 0 Å². The van der Waals surface area contributed by atoms with Crippen LogP contribution in [-0.2, 0) is 11.2 Å². The zero-order valence-corrected chi connectivity index (χ0v) is 12.3. The summed E-state index contributed by atoms with van der Waals surface area (Å²) in [7, 11) is 0. The molecule has 2 aromatic carbocycles. The van der Waals surface area contributed by atoms with Gasteiger partial charge in [-0.3, -0.25) is 14.5 Å². The lowest BCUT2D eigenvalue weighted by Crippen LogP contribution is -2.46. The molecule has 2 aromatic rings. The molecule has 0 saturated carbocycles. The van der Waals surface area contributed by atoms with Crippen molar-refractivity contribution in [1.82, 2.24) is 0 Å². The highest BCUT2D eigenvalue weighted by molar-refractivity contribution is 6.20. The van der Waals surface area contributed by atoms with Gasteiger partial charge in [0.25, 0.3) is 11.8 Å². The number of benzene rings is 2. The number of fused-ring (bicyclic) bond motifs is 4. The van der Waals surface area contributed by atoms with E-state index in [-0.39, 0.29) is 11.8 Å². The average molecular weight is 292 g/mol. The molecular weight excluding hydrogens is 276 g/mol. The Bertz CT molecular complexity index is 784. The first kappa shape index (κ1) is 13.1. The Kier molecular flexibility index (Phi) is 2.79. The van der Waals surface area contributed by atoms with Gasteiger partial charge in [0.2, 0.25) is 0 Å². The van der Waals surface area contributed by atoms with E-state index in [1.807, 2.05) is 49.4 Å². The summed E-state index contributed by atoms with van der Waals surface area (Å²) in [5.41, 5.74) is 3.23. The number of carbonyl (C=O) groups excluding carboxylic acids is 2. The molecule has 2 aliphatic heterocycles. The molecule has 4 heteroatoms. The Hall–Kier alpha value is -2.62. The van der Waals surface area contributed by atoms with Crippen molar-refractivity contribution in [3.8, 4) is 0 Å². The van der Waals surface area contributed by atoms with Crippen molar-refractivity contribution in [3.63, 3.8) is 0 Å². The van der Waals surface area contributed by atoms with Crippen molar-refractivity contribution >= 4 is 23.2 Å². The van der Waals surface area contributed by atoms with Gasteiger partial charge in [-0.15, -0.1) is 0 Å². The summed E-state index contributed by atoms with van der Waals surface area (Å²) >= 11 is 0. The molecule has 0 saturated heterocycles. The Balaban J connectivity index is 1.94. The fourth-order valence-corrected chi connectivity index (χ4v) is 3.48. The number of hydrogen-bond donors (Lipinski definition) is 0. The molecular formula is C18H16N2O2. The van der Waals surface area contributed by atoms with Crippen LogP contribution in [0.25, 0.3) is 0 Å². The van der Waals surface area contributed by atoms with Crippen LogP contribution < -0.4 is 9.80 Å². The number of hydrogen-bond acceptors (Lipinski definition) is 2. The maximum Gasteiger partial charge on any atom is 0.261 e. The number of rotatable bonds is 1. The minimum Gasteiger partial charge on any atom is -0.310 e. The number of amides is 2. The minimum atomic E-state index is -0.433. The molecule has 0 N–H and O–H groups in total. The summed E-state index contributed by atoms with van der Waals surface area (Å²) in [5.74, 6) is -0.0909. The van der Waals surface area contributed by atoms with Crippen LogP contribution in [0.5, 0.6) is 0 Å². The quantitative estimate of drug-likeness (QED) is 0.810. The molecule has 0 aliphatic carbocycles. The molecule has 0 bridgehead atoms. The fraction of sp³-hybridized carbons (Fsp3) is 0.222. The van der Waals surface area contributed by atoms with Gasteiger partial charge in [-0.1, -0.05) is 30.3 Å². The molecule has 4 nitrogen and oxygen atoms in total. The maximum atomic E-state index is 13.0. The standard InChI is InChI=1S/C18H16N2O2/c1-2-19-15-10-6-4-8-13(15)17(21)20-14-9-5-3-7-12(14)11-16(20)18(19)22/h3-10,16H,2,11H2,1H3. The van der Waals surface area contributed by atoms with Crippen LogP contribution >= 0.6 is 0 Å². The largest absolute Gasteiger partial charge is 0.310 e. The molecule has 110 valence electrons. The number of anilines is 2. The van der Waals surface area contributed by atoms with Gasteiger partial charge in [0, 0.05) is 18.7 Å². The lowest BCUT2D eigenvalue weighted by atomic mass is 10.1. The summed E-state index contributed by atoms with van der Waals surface area (Å²) in [5, 5.41) is 0. The van der Waals surface area contributed by atoms with E-state index in [0.717, 1.165) is 11.3 Å². The van der Waals surface area contributed by atoms with Crippen LogP contribution in [0.4, 0.5) is 11.4 Å². The lowest BCUT2D eigenvalue weighted by Gasteiger charge is -2.25. The predicted molar refractivity (Wildman–Crippen MR) is 85.2 cm³/mol. The van der Waals surface area contributed by atoms with E-state index in [1.165, 1.54) is 0 Å². The molecule has 0 spiro atoms. The molecule has 0 aromatic heterocycles. The molecule has 22 heavy (non-hydrogen) atoms. The molecule has 1 atom stereocenters. The third-order valence-electron chi connectivity index (χ3n) is 4.49. The van der Waals surface area contributed by atoms with E-state index < -0.39 is 6.04 Å². The molecule has 0 fully saturated rings. The Morgan fingerprint density at radius 2 is 1.68 bits per heavy atom. The first-order valence-corrected chi connectivity index (χ1v) is 7.54. The number of carbonyl (C=O) groups is 2. The summed E-state index contributed by atoms with van der Waals surface area (Å²) in [6.45, 7) is 2.50. The van der Waals surface area contributed by atoms with Crippen molar-refractivity contribution in [3.05, 3.63) is 59.7 Å². The second kappa shape index (κ2) is 4.70. The number of para-hydroxylation sites is 2. The maximum absolute atomic E-state index is 13.0. The first-order valence-electron chi connectivity index (χ1n) is 7.54. The van der Waals surface area contributed by atoms with Gasteiger partial charge in [-0.25, -0.2) is 0 Å². The topological polar surface area (TPSA) is 40.6 Å². The molecule has 1 unspecified atom stereocenters. The highest BCUT2D eigenvalue weighted by Gasteiger charge is 2.44. The second-order valence-corrected chi connectivity index (χ2v) is 5.62. The summed E-state index contributed by atoms with van der Waals surface area (Å²) in [6, 6.07) is 14.7. The van der Waals surface area contributed by atoms with Crippen molar-refractivity contribution < 1.29 is 9.59 Å². The Morgan fingerprint density at radius 3 is 2.45 bits per heavy atom. The average Bonchev–Trinajstić information content (AvgIpc) is 2.91. The summed E-state index contributed by atoms with van der Waals surface area (Å²) in [4.78, 5) is 29.4. The molecule has 0 radical (unpaired) electrons. The number of nitrogens with zero attached hydrogens (tertiary/aromatic N) is 2. The van der Waals surface area contributed by atoms with Gasteiger partial charge in [-0.2, -0.15) is 0 Å². The smallest absolute Gasteiger partial charge is 0.261 e. The third-order valence-corrected chi connectivity index (χ3v) is 4.49. The summed E-state index contributed by atoms with van der Waals surface area (Å²) < 4.78 is 0. The second-order valence-electron chi connectivity index (χ2n) is 5.62. The van der Waals surface area contributed by atoms with Gasteiger partial charge in [-0.05, 0) is 30.7 Å². The van der Waals surface area contributed by atoms with E-state index in [1.54, 1.807) is 15.9 Å². The van der Waals surface area contributed by atoms with Crippen LogP contribution in [-0.4, -0.2) is 24.4 Å². The van der Waals surface area contributed by atoms with E-state index in [0.29, 0.717) is 24.2 Å². The lowest BCUT2D eigenvalue weighted by molar-refractivity contribution is -0.119. The van der Waals surface area contributed by atoms with Gasteiger partial charge in [0.1, 0.15) is 6.04 Å². The van der Waals surface area contributed by atoms with Crippen LogP contribution in [0, 0.1) is 0 Å². The van der Waals surface area contributed by atoms with E-state index >= 15 is 0 Å². The van der Waals surface area contributed by atoms with E-state index in [4.69, 9.17) is 0 Å². The SMILES string of the molecule is CCN1C(=O)C2Cc3ccccc3N2C(=O)c2ccccc21. The molecule has 2 aliphatic rings. The van der Waals surface area contributed by atoms with Gasteiger partial charge >= 0.3 is 0 Å². The molecule has 2 amide bonds. The van der Waals surface area contributed by atoms with Crippen LogP contribution in [0.15, 0.2) is 48.5 Å². The van der Waals surface area contributed by atoms with Crippen molar-refractivity contribution in [2.75, 3.05) is 16.3 Å². The first-order chi connectivity index (χ1) is 10.7. The van der Waals surface area contributed by atoms with Gasteiger partial charge in [0.15, 0.2) is 0 Å². The fourth-order valence-electron chi connectivity index (χ4n) is 3.48. The third kappa shape index (κ3) is 1.64. The zero-order chi connectivity index (χ0) is 15.3. The van der Waals surface area contributed by atoms with Crippen LogP contribution in [0.2, 0.25) is 0 Å². The Labute approximate surface area is 129 Å². The van der Waals surface area contributed by atoms with Gasteiger partial charge < -0.3 is 4.90 Å². The molecule has 2 heterocycles. The minimum absolute atomic E-state index is 0.00278. The highest BCUT2D eigenvalue weighted by Crippen LogP contribution is 2.38. The van der Waals surface area contributed by atoms with Crippen molar-refractivity contribution in [2.45, 2.75) is 19.4 Å². The number of likely N-dealkylation sites (N-methyl/N-ethyl adjacent to an activating group) is 1. The van der Waals surface area contributed by atoms with Crippen LogP contribution in [0.1, 0.15) is 22.8 Å². The van der Waals surface area contributed by atoms with Crippen LogP contribution in [0.3, 0.4) is 0 Å².